The highest BCUT2D eigenvalue weighted by Gasteiger charge is 2.26. The van der Waals surface area contributed by atoms with Crippen LogP contribution in [0.1, 0.15) is 32.6 Å². The van der Waals surface area contributed by atoms with Gasteiger partial charge in [0.25, 0.3) is 0 Å². The predicted molar refractivity (Wildman–Crippen MR) is 46.7 cm³/mol. The van der Waals surface area contributed by atoms with E-state index in [1.807, 2.05) is 0 Å². The maximum atomic E-state index is 11.1. The van der Waals surface area contributed by atoms with E-state index < -0.39 is 6.10 Å². The molecule has 0 aromatic heterocycles. The van der Waals surface area contributed by atoms with Crippen LogP contribution in [0, 0.1) is 0 Å². The molecule has 1 unspecified atom stereocenters. The standard InChI is InChI=1S/C9H17NO2/c1-2-3-4-5-10-7-8(11)6-9(10)12/h8,11H,2-7H2,1H3. The van der Waals surface area contributed by atoms with E-state index in [-0.39, 0.29) is 5.91 Å². The lowest BCUT2D eigenvalue weighted by Crippen LogP contribution is -2.26. The Kier molecular flexibility index (Phi) is 3.53. The molecule has 1 amide bonds. The zero-order valence-corrected chi connectivity index (χ0v) is 7.62. The number of aliphatic hydroxyl groups excluding tert-OH is 1. The molecular weight excluding hydrogens is 154 g/mol. The number of unbranched alkanes of at least 4 members (excludes halogenated alkanes) is 2. The van der Waals surface area contributed by atoms with Gasteiger partial charge < -0.3 is 10.0 Å². The Morgan fingerprint density at radius 3 is 2.83 bits per heavy atom. The largest absolute Gasteiger partial charge is 0.391 e. The fourth-order valence-electron chi connectivity index (χ4n) is 1.52. The van der Waals surface area contributed by atoms with Gasteiger partial charge in [-0.2, -0.15) is 0 Å². The van der Waals surface area contributed by atoms with E-state index in [4.69, 9.17) is 5.11 Å². The smallest absolute Gasteiger partial charge is 0.225 e. The summed E-state index contributed by atoms with van der Waals surface area (Å²) >= 11 is 0. The van der Waals surface area contributed by atoms with Gasteiger partial charge in [-0.1, -0.05) is 19.8 Å². The summed E-state index contributed by atoms with van der Waals surface area (Å²) in [6, 6.07) is 0. The van der Waals surface area contributed by atoms with Gasteiger partial charge in [-0.3, -0.25) is 4.79 Å². The SMILES string of the molecule is CCCCCN1CC(O)CC1=O. The molecule has 12 heavy (non-hydrogen) atoms. The molecule has 0 aromatic carbocycles. The second-order valence-electron chi connectivity index (χ2n) is 3.40. The Morgan fingerprint density at radius 1 is 1.58 bits per heavy atom. The molecule has 0 saturated carbocycles. The van der Waals surface area contributed by atoms with Crippen molar-refractivity contribution >= 4 is 5.91 Å². The summed E-state index contributed by atoms with van der Waals surface area (Å²) in [6.07, 6.45) is 3.31. The molecular formula is C9H17NO2. The Balaban J connectivity index is 2.19. The van der Waals surface area contributed by atoms with Crippen LogP contribution in [-0.4, -0.2) is 35.1 Å². The minimum absolute atomic E-state index is 0.110. The van der Waals surface area contributed by atoms with E-state index >= 15 is 0 Å². The van der Waals surface area contributed by atoms with Crippen LogP contribution in [0.4, 0.5) is 0 Å². The third kappa shape index (κ3) is 2.48. The van der Waals surface area contributed by atoms with E-state index in [2.05, 4.69) is 6.92 Å². The third-order valence-corrected chi connectivity index (χ3v) is 2.23. The summed E-state index contributed by atoms with van der Waals surface area (Å²) in [5.41, 5.74) is 0. The van der Waals surface area contributed by atoms with E-state index in [0.717, 1.165) is 13.0 Å². The highest BCUT2D eigenvalue weighted by molar-refractivity contribution is 5.78. The van der Waals surface area contributed by atoms with Gasteiger partial charge in [-0.05, 0) is 6.42 Å². The topological polar surface area (TPSA) is 40.5 Å². The van der Waals surface area contributed by atoms with Crippen LogP contribution in [0.25, 0.3) is 0 Å². The molecule has 1 N–H and O–H groups in total. The first kappa shape index (κ1) is 9.52. The summed E-state index contributed by atoms with van der Waals surface area (Å²) < 4.78 is 0. The van der Waals surface area contributed by atoms with Gasteiger partial charge >= 0.3 is 0 Å². The zero-order chi connectivity index (χ0) is 8.97. The summed E-state index contributed by atoms with van der Waals surface area (Å²) in [6.45, 7) is 3.51. The molecule has 1 rings (SSSR count). The van der Waals surface area contributed by atoms with Gasteiger partial charge in [0.1, 0.15) is 0 Å². The maximum absolute atomic E-state index is 11.1. The fourth-order valence-corrected chi connectivity index (χ4v) is 1.52. The molecule has 1 aliphatic heterocycles. The summed E-state index contributed by atoms with van der Waals surface area (Å²) in [5, 5.41) is 9.16. The van der Waals surface area contributed by atoms with Crippen molar-refractivity contribution in [3.63, 3.8) is 0 Å². The van der Waals surface area contributed by atoms with Crippen molar-refractivity contribution < 1.29 is 9.90 Å². The normalized spacial score (nSPS) is 23.7. The lowest BCUT2D eigenvalue weighted by atomic mass is 10.2. The Bertz CT molecular complexity index is 159. The average molecular weight is 171 g/mol. The molecule has 0 radical (unpaired) electrons. The van der Waals surface area contributed by atoms with Crippen molar-refractivity contribution in [2.75, 3.05) is 13.1 Å². The molecule has 1 fully saturated rings. The number of likely N-dealkylation sites (tertiary alicyclic amines) is 1. The minimum Gasteiger partial charge on any atom is -0.391 e. The van der Waals surface area contributed by atoms with E-state index in [1.165, 1.54) is 12.8 Å². The molecule has 1 heterocycles. The van der Waals surface area contributed by atoms with Crippen LogP contribution >= 0.6 is 0 Å². The van der Waals surface area contributed by atoms with Gasteiger partial charge in [0.15, 0.2) is 0 Å². The number of β-amino-alcohol motifs (C(OH)–C–C–N with tert-alkyl or cyclic N) is 1. The quantitative estimate of drug-likeness (QED) is 0.635. The molecule has 3 heteroatoms. The Hall–Kier alpha value is -0.570. The predicted octanol–water partition coefficient (Wildman–Crippen LogP) is 0.770. The zero-order valence-electron chi connectivity index (χ0n) is 7.62. The minimum atomic E-state index is -0.417. The molecule has 70 valence electrons. The first-order valence-electron chi connectivity index (χ1n) is 4.70. The number of carbonyl (C=O) groups excluding carboxylic acids is 1. The van der Waals surface area contributed by atoms with Crippen LogP contribution in [-0.2, 0) is 4.79 Å². The fraction of sp³-hybridized carbons (Fsp3) is 0.889. The van der Waals surface area contributed by atoms with Crippen molar-refractivity contribution in [3.8, 4) is 0 Å². The first-order chi connectivity index (χ1) is 5.74. The molecule has 1 atom stereocenters. The monoisotopic (exact) mass is 171 g/mol. The summed E-state index contributed by atoms with van der Waals surface area (Å²) in [5.74, 6) is 0.110. The van der Waals surface area contributed by atoms with E-state index in [1.54, 1.807) is 4.90 Å². The van der Waals surface area contributed by atoms with Crippen molar-refractivity contribution in [2.45, 2.75) is 38.7 Å². The van der Waals surface area contributed by atoms with Gasteiger partial charge in [-0.15, -0.1) is 0 Å². The maximum Gasteiger partial charge on any atom is 0.225 e. The van der Waals surface area contributed by atoms with Gasteiger partial charge in [0.05, 0.1) is 12.5 Å². The number of nitrogens with zero attached hydrogens (tertiary/aromatic N) is 1. The van der Waals surface area contributed by atoms with Gasteiger partial charge in [0, 0.05) is 13.1 Å². The molecule has 0 spiro atoms. The molecule has 0 aliphatic carbocycles. The highest BCUT2D eigenvalue weighted by Crippen LogP contribution is 2.11. The van der Waals surface area contributed by atoms with Crippen LogP contribution in [0.3, 0.4) is 0 Å². The van der Waals surface area contributed by atoms with Crippen LogP contribution in [0.15, 0.2) is 0 Å². The van der Waals surface area contributed by atoms with Crippen molar-refractivity contribution in [3.05, 3.63) is 0 Å². The summed E-state index contributed by atoms with van der Waals surface area (Å²) in [4.78, 5) is 12.9. The number of aliphatic hydroxyl groups is 1. The number of amides is 1. The van der Waals surface area contributed by atoms with Crippen LogP contribution in [0.5, 0.6) is 0 Å². The molecule has 1 aliphatic rings. The summed E-state index contributed by atoms with van der Waals surface area (Å²) in [7, 11) is 0. The molecule has 0 bridgehead atoms. The van der Waals surface area contributed by atoms with E-state index in [9.17, 15) is 4.79 Å². The van der Waals surface area contributed by atoms with Crippen LogP contribution in [0.2, 0.25) is 0 Å². The molecule has 3 nitrogen and oxygen atoms in total. The van der Waals surface area contributed by atoms with Gasteiger partial charge in [0.2, 0.25) is 5.91 Å². The number of rotatable bonds is 4. The van der Waals surface area contributed by atoms with E-state index in [0.29, 0.717) is 13.0 Å². The number of carbonyl (C=O) groups is 1. The second kappa shape index (κ2) is 4.45. The lowest BCUT2D eigenvalue weighted by Gasteiger charge is -2.14. The highest BCUT2D eigenvalue weighted by atomic mass is 16.3. The second-order valence-corrected chi connectivity index (χ2v) is 3.40. The lowest BCUT2D eigenvalue weighted by molar-refractivity contribution is -0.127. The average Bonchev–Trinajstić information content (AvgIpc) is 2.31. The van der Waals surface area contributed by atoms with Crippen molar-refractivity contribution in [2.24, 2.45) is 0 Å². The van der Waals surface area contributed by atoms with Gasteiger partial charge in [-0.25, -0.2) is 0 Å². The molecule has 1 saturated heterocycles. The van der Waals surface area contributed by atoms with Crippen LogP contribution < -0.4 is 0 Å². The first-order valence-corrected chi connectivity index (χ1v) is 4.70. The Labute approximate surface area is 73.4 Å². The number of hydrogen-bond donors (Lipinski definition) is 1. The van der Waals surface area contributed by atoms with Crippen molar-refractivity contribution in [1.82, 2.24) is 4.90 Å². The van der Waals surface area contributed by atoms with Crippen molar-refractivity contribution in [1.29, 1.82) is 0 Å². The third-order valence-electron chi connectivity index (χ3n) is 2.23. The number of hydrogen-bond acceptors (Lipinski definition) is 2. The Morgan fingerprint density at radius 2 is 2.33 bits per heavy atom. The molecule has 0 aromatic rings.